The molecule has 1 heterocycles. The Morgan fingerprint density at radius 1 is 1.07 bits per heavy atom. The summed E-state index contributed by atoms with van der Waals surface area (Å²) in [5.74, 6) is 0.656. The topological polar surface area (TPSA) is 67.9 Å². The third-order valence-corrected chi connectivity index (χ3v) is 6.65. The third-order valence-electron chi connectivity index (χ3n) is 4.99. The Balaban J connectivity index is 1.76. The molecular weight excluding hydrogens is 424 g/mol. The number of fused-ring (bicyclic) bond motifs is 1. The molecule has 0 aromatic heterocycles. The van der Waals surface area contributed by atoms with Gasteiger partial charge in [-0.25, -0.2) is 8.42 Å². The summed E-state index contributed by atoms with van der Waals surface area (Å²) in [6.45, 7) is 4.95. The van der Waals surface area contributed by atoms with Crippen LogP contribution in [-0.4, -0.2) is 41.3 Å². The Morgan fingerprint density at radius 3 is 2.53 bits per heavy atom. The van der Waals surface area contributed by atoms with E-state index in [-0.39, 0.29) is 4.90 Å². The number of hydrogen-bond donors (Lipinski definition) is 1. The summed E-state index contributed by atoms with van der Waals surface area (Å²) in [4.78, 5) is 2.28. The average Bonchev–Trinajstić information content (AvgIpc) is 2.74. The molecule has 0 bridgehead atoms. The first kappa shape index (κ1) is 20.8. The minimum absolute atomic E-state index is 0.189. The lowest BCUT2D eigenvalue weighted by atomic mass is 10.1. The summed E-state index contributed by atoms with van der Waals surface area (Å²) in [5.41, 5.74) is 1.23. The maximum absolute atomic E-state index is 13.4. The molecule has 1 fully saturated rings. The largest absolute Gasteiger partial charge is 0.493 e. The number of morpholine rings is 1. The van der Waals surface area contributed by atoms with E-state index in [0.29, 0.717) is 54.8 Å². The van der Waals surface area contributed by atoms with Crippen molar-refractivity contribution in [3.8, 4) is 5.75 Å². The van der Waals surface area contributed by atoms with Crippen LogP contribution >= 0.6 is 11.6 Å². The number of sulfonamides is 1. The Bertz CT molecular complexity index is 1160. The first-order valence-electron chi connectivity index (χ1n) is 9.79. The van der Waals surface area contributed by atoms with Gasteiger partial charge in [0, 0.05) is 28.9 Å². The van der Waals surface area contributed by atoms with E-state index in [1.807, 2.05) is 31.2 Å². The molecule has 1 saturated heterocycles. The van der Waals surface area contributed by atoms with E-state index in [2.05, 4.69) is 9.62 Å². The monoisotopic (exact) mass is 446 g/mol. The van der Waals surface area contributed by atoms with Crippen molar-refractivity contribution in [1.29, 1.82) is 0 Å². The molecule has 0 amide bonds. The third kappa shape index (κ3) is 4.19. The minimum Gasteiger partial charge on any atom is -0.493 e. The SMILES string of the molecule is CCOc1ccc(S(=O)(=O)Nc2cc(Cl)ccc2N2CCOCC2)c2ccccc12. The summed E-state index contributed by atoms with van der Waals surface area (Å²) in [6.07, 6.45) is 0. The predicted molar refractivity (Wildman–Crippen MR) is 120 cm³/mol. The van der Waals surface area contributed by atoms with Crippen LogP contribution in [0.2, 0.25) is 5.02 Å². The molecule has 1 N–H and O–H groups in total. The van der Waals surface area contributed by atoms with Crippen molar-refractivity contribution in [2.24, 2.45) is 0 Å². The highest BCUT2D eigenvalue weighted by Gasteiger charge is 2.23. The molecule has 0 atom stereocenters. The van der Waals surface area contributed by atoms with Crippen molar-refractivity contribution in [3.05, 3.63) is 59.6 Å². The first-order chi connectivity index (χ1) is 14.5. The van der Waals surface area contributed by atoms with Crippen LogP contribution in [0.25, 0.3) is 10.8 Å². The summed E-state index contributed by atoms with van der Waals surface area (Å²) in [7, 11) is -3.87. The zero-order chi connectivity index (χ0) is 21.1. The minimum atomic E-state index is -3.87. The van der Waals surface area contributed by atoms with Crippen LogP contribution in [0.3, 0.4) is 0 Å². The molecule has 158 valence electrons. The zero-order valence-corrected chi connectivity index (χ0v) is 18.2. The van der Waals surface area contributed by atoms with Crippen LogP contribution in [0.15, 0.2) is 59.5 Å². The van der Waals surface area contributed by atoms with E-state index in [1.165, 1.54) is 0 Å². The highest BCUT2D eigenvalue weighted by molar-refractivity contribution is 7.93. The van der Waals surface area contributed by atoms with Crippen molar-refractivity contribution >= 4 is 43.8 Å². The second-order valence-electron chi connectivity index (χ2n) is 6.91. The van der Waals surface area contributed by atoms with Crippen LogP contribution in [0.4, 0.5) is 11.4 Å². The molecule has 4 rings (SSSR count). The van der Waals surface area contributed by atoms with Crippen LogP contribution in [0, 0.1) is 0 Å². The Kier molecular flexibility index (Phi) is 6.04. The molecule has 1 aliphatic rings. The van der Waals surface area contributed by atoms with Crippen molar-refractivity contribution in [2.75, 3.05) is 42.5 Å². The maximum Gasteiger partial charge on any atom is 0.262 e. The van der Waals surface area contributed by atoms with Gasteiger partial charge in [-0.15, -0.1) is 0 Å². The van der Waals surface area contributed by atoms with Crippen molar-refractivity contribution in [3.63, 3.8) is 0 Å². The van der Waals surface area contributed by atoms with Crippen LogP contribution in [0.5, 0.6) is 5.75 Å². The summed E-state index contributed by atoms with van der Waals surface area (Å²) < 4.78 is 40.6. The molecule has 30 heavy (non-hydrogen) atoms. The molecule has 0 radical (unpaired) electrons. The van der Waals surface area contributed by atoms with E-state index >= 15 is 0 Å². The summed E-state index contributed by atoms with van der Waals surface area (Å²) in [6, 6.07) is 15.8. The van der Waals surface area contributed by atoms with Gasteiger partial charge in [0.1, 0.15) is 5.75 Å². The molecule has 1 aliphatic heterocycles. The number of rotatable bonds is 6. The molecule has 0 unspecified atom stereocenters. The Morgan fingerprint density at radius 2 is 1.80 bits per heavy atom. The number of nitrogens with one attached hydrogen (secondary N) is 1. The molecule has 3 aromatic carbocycles. The molecule has 0 spiro atoms. The van der Waals surface area contributed by atoms with Gasteiger partial charge >= 0.3 is 0 Å². The fourth-order valence-corrected chi connectivity index (χ4v) is 5.08. The number of halogens is 1. The van der Waals surface area contributed by atoms with Crippen LogP contribution in [0.1, 0.15) is 6.92 Å². The van der Waals surface area contributed by atoms with E-state index in [0.717, 1.165) is 11.1 Å². The number of ether oxygens (including phenoxy) is 2. The lowest BCUT2D eigenvalue weighted by molar-refractivity contribution is 0.123. The number of anilines is 2. The molecule has 3 aromatic rings. The summed E-state index contributed by atoms with van der Waals surface area (Å²) >= 11 is 6.19. The van der Waals surface area contributed by atoms with E-state index in [4.69, 9.17) is 21.1 Å². The van der Waals surface area contributed by atoms with Gasteiger partial charge in [-0.2, -0.15) is 0 Å². The van der Waals surface area contributed by atoms with Gasteiger partial charge in [0.15, 0.2) is 0 Å². The number of nitrogens with zero attached hydrogens (tertiary/aromatic N) is 1. The fourth-order valence-electron chi connectivity index (χ4n) is 3.63. The van der Waals surface area contributed by atoms with Gasteiger partial charge in [0.25, 0.3) is 10.0 Å². The normalized spacial score (nSPS) is 14.7. The maximum atomic E-state index is 13.4. The van der Waals surface area contributed by atoms with Gasteiger partial charge in [-0.1, -0.05) is 35.9 Å². The fraction of sp³-hybridized carbons (Fsp3) is 0.273. The lowest BCUT2D eigenvalue weighted by Gasteiger charge is -2.30. The zero-order valence-electron chi connectivity index (χ0n) is 16.6. The van der Waals surface area contributed by atoms with Gasteiger partial charge in [0.2, 0.25) is 0 Å². The molecule has 0 saturated carbocycles. The van der Waals surface area contributed by atoms with Crippen LogP contribution < -0.4 is 14.4 Å². The quantitative estimate of drug-likeness (QED) is 0.602. The Hall–Kier alpha value is -2.48. The predicted octanol–water partition coefficient (Wildman–Crippen LogP) is 4.53. The van der Waals surface area contributed by atoms with Crippen molar-refractivity contribution in [1.82, 2.24) is 0 Å². The standard InChI is InChI=1S/C22H23ClN2O4S/c1-2-29-21-9-10-22(18-6-4-3-5-17(18)21)30(26,27)24-19-15-16(23)7-8-20(19)25-11-13-28-14-12-25/h3-10,15,24H,2,11-14H2,1H3. The van der Waals surface area contributed by atoms with Gasteiger partial charge in [-0.3, -0.25) is 4.72 Å². The lowest BCUT2D eigenvalue weighted by Crippen LogP contribution is -2.36. The van der Waals surface area contributed by atoms with Gasteiger partial charge in [-0.05, 0) is 37.3 Å². The molecule has 8 heteroatoms. The molecule has 6 nitrogen and oxygen atoms in total. The first-order valence-corrected chi connectivity index (χ1v) is 11.7. The van der Waals surface area contributed by atoms with Gasteiger partial charge < -0.3 is 14.4 Å². The Labute approximate surface area is 181 Å². The summed E-state index contributed by atoms with van der Waals surface area (Å²) in [5, 5.41) is 1.81. The smallest absolute Gasteiger partial charge is 0.262 e. The number of hydrogen-bond acceptors (Lipinski definition) is 5. The van der Waals surface area contributed by atoms with Crippen molar-refractivity contribution in [2.45, 2.75) is 11.8 Å². The number of benzene rings is 3. The van der Waals surface area contributed by atoms with Crippen LogP contribution in [-0.2, 0) is 14.8 Å². The van der Waals surface area contributed by atoms with E-state index < -0.39 is 10.0 Å². The molecular formula is C22H23ClN2O4S. The second-order valence-corrected chi connectivity index (χ2v) is 8.99. The van der Waals surface area contributed by atoms with E-state index in [1.54, 1.807) is 30.3 Å². The average molecular weight is 447 g/mol. The van der Waals surface area contributed by atoms with Crippen molar-refractivity contribution < 1.29 is 17.9 Å². The molecule has 0 aliphatic carbocycles. The highest BCUT2D eigenvalue weighted by Crippen LogP contribution is 2.35. The second kappa shape index (κ2) is 8.71. The van der Waals surface area contributed by atoms with E-state index in [9.17, 15) is 8.42 Å². The highest BCUT2D eigenvalue weighted by atomic mass is 35.5. The van der Waals surface area contributed by atoms with Gasteiger partial charge in [0.05, 0.1) is 36.1 Å².